The van der Waals surface area contributed by atoms with Crippen LogP contribution < -0.4 is 5.30 Å². The maximum Gasteiger partial charge on any atom is 0.377 e. The average molecular weight is 221 g/mol. The molecule has 1 aromatic rings. The molecule has 1 nitrogen and oxygen atoms in total. The highest BCUT2D eigenvalue weighted by Crippen LogP contribution is 2.32. The van der Waals surface area contributed by atoms with Gasteiger partial charge in [-0.2, -0.15) is 0 Å². The van der Waals surface area contributed by atoms with Crippen LogP contribution in [0, 0.1) is 5.92 Å². The van der Waals surface area contributed by atoms with E-state index in [1.807, 2.05) is 30.3 Å². The lowest BCUT2D eigenvalue weighted by atomic mass is 9.91. The molecule has 0 aromatic heterocycles. The first-order valence-corrected chi connectivity index (χ1v) is 7.30. The first-order valence-electron chi connectivity index (χ1n) is 5.86. The maximum atomic E-state index is 12.1. The molecule has 0 bridgehead atoms. The quantitative estimate of drug-likeness (QED) is 0.711. The van der Waals surface area contributed by atoms with E-state index >= 15 is 0 Å². The van der Waals surface area contributed by atoms with Crippen molar-refractivity contribution < 1.29 is 4.57 Å². The van der Waals surface area contributed by atoms with Crippen molar-refractivity contribution in [1.29, 1.82) is 0 Å². The Hall–Kier alpha value is -0.680. The monoisotopic (exact) mass is 221 g/mol. The fraction of sp³-hybridized carbons (Fsp3) is 0.538. The molecule has 1 aliphatic rings. The summed E-state index contributed by atoms with van der Waals surface area (Å²) in [6.45, 7) is 0. The lowest BCUT2D eigenvalue weighted by molar-refractivity contribution is 0.387. The molecule has 0 heterocycles. The number of hydrogen-bond donors (Lipinski definition) is 0. The lowest BCUT2D eigenvalue weighted by Crippen LogP contribution is -2.11. The summed E-state index contributed by atoms with van der Waals surface area (Å²) >= 11 is 0. The molecule has 15 heavy (non-hydrogen) atoms. The van der Waals surface area contributed by atoms with Crippen LogP contribution in [0.15, 0.2) is 30.3 Å². The number of rotatable bonds is 3. The zero-order valence-corrected chi connectivity index (χ0v) is 9.96. The third kappa shape index (κ3) is 3.14. The molecule has 0 spiro atoms. The zero-order valence-electron chi connectivity index (χ0n) is 9.06. The summed E-state index contributed by atoms with van der Waals surface area (Å²) in [6, 6.07) is 9.91. The maximum absolute atomic E-state index is 12.1. The van der Waals surface area contributed by atoms with Crippen LogP contribution in [0.1, 0.15) is 32.1 Å². The molecule has 0 N–H and O–H groups in total. The third-order valence-electron chi connectivity index (χ3n) is 3.19. The van der Waals surface area contributed by atoms with Gasteiger partial charge in [0, 0.05) is 5.92 Å². The highest BCUT2D eigenvalue weighted by atomic mass is 31.1. The minimum absolute atomic E-state index is 0.711. The standard InChI is InChI=1S/C13H18OP/c14-15(13-9-5-2-6-10-13)11-12-7-3-1-4-8-12/h2,5-6,9-10,12H,1,3-4,7-8,11H2/q+1. The van der Waals surface area contributed by atoms with Gasteiger partial charge < -0.3 is 0 Å². The van der Waals surface area contributed by atoms with Gasteiger partial charge in [-0.25, -0.2) is 0 Å². The SMILES string of the molecule is O=[P+](CC1CCCCC1)c1ccccc1. The fourth-order valence-corrected chi connectivity index (χ4v) is 3.85. The van der Waals surface area contributed by atoms with Crippen LogP contribution >= 0.6 is 7.80 Å². The second kappa shape index (κ2) is 5.42. The summed E-state index contributed by atoms with van der Waals surface area (Å²) in [4.78, 5) is 0. The summed E-state index contributed by atoms with van der Waals surface area (Å²) in [5.74, 6) is 0.711. The molecule has 1 aromatic carbocycles. The molecule has 1 saturated carbocycles. The molecule has 2 heteroatoms. The molecule has 1 unspecified atom stereocenters. The molecular formula is C13H18OP+. The van der Waals surface area contributed by atoms with Crippen molar-refractivity contribution in [3.63, 3.8) is 0 Å². The van der Waals surface area contributed by atoms with Gasteiger partial charge in [0.05, 0.1) is 0 Å². The van der Waals surface area contributed by atoms with Crippen molar-refractivity contribution in [2.45, 2.75) is 32.1 Å². The second-order valence-corrected chi connectivity index (χ2v) is 6.04. The lowest BCUT2D eigenvalue weighted by Gasteiger charge is -2.16. The van der Waals surface area contributed by atoms with Crippen LogP contribution in [0.4, 0.5) is 0 Å². The Morgan fingerprint density at radius 3 is 2.40 bits per heavy atom. The first kappa shape index (κ1) is 10.8. The Bertz CT molecular complexity index is 315. The smallest absolute Gasteiger partial charge is 0.0681 e. The molecule has 1 fully saturated rings. The highest BCUT2D eigenvalue weighted by molar-refractivity contribution is 7.53. The normalized spacial score (nSPS) is 18.8. The summed E-state index contributed by atoms with van der Waals surface area (Å²) in [7, 11) is -1.15. The molecule has 2 rings (SSSR count). The van der Waals surface area contributed by atoms with Gasteiger partial charge in [0.2, 0.25) is 0 Å². The van der Waals surface area contributed by atoms with Gasteiger partial charge in [0.1, 0.15) is 0 Å². The predicted molar refractivity (Wildman–Crippen MR) is 65.1 cm³/mol. The van der Waals surface area contributed by atoms with Crippen LogP contribution in [0.2, 0.25) is 0 Å². The summed E-state index contributed by atoms with van der Waals surface area (Å²) < 4.78 is 12.1. The highest BCUT2D eigenvalue weighted by Gasteiger charge is 2.26. The predicted octanol–water partition coefficient (Wildman–Crippen LogP) is 3.72. The fourth-order valence-electron chi connectivity index (χ4n) is 2.30. The van der Waals surface area contributed by atoms with Gasteiger partial charge in [-0.3, -0.25) is 0 Å². The van der Waals surface area contributed by atoms with Crippen molar-refractivity contribution >= 4 is 13.1 Å². The van der Waals surface area contributed by atoms with Crippen molar-refractivity contribution in [1.82, 2.24) is 0 Å². The van der Waals surface area contributed by atoms with Gasteiger partial charge in [0.25, 0.3) is 0 Å². The molecule has 0 saturated heterocycles. The van der Waals surface area contributed by atoms with Crippen LogP contribution in [0.3, 0.4) is 0 Å². The first-order chi connectivity index (χ1) is 7.36. The molecule has 0 aliphatic heterocycles. The summed E-state index contributed by atoms with van der Waals surface area (Å²) in [5.41, 5.74) is 0. The molecule has 0 amide bonds. The van der Waals surface area contributed by atoms with E-state index in [4.69, 9.17) is 0 Å². The van der Waals surface area contributed by atoms with E-state index in [1.165, 1.54) is 32.1 Å². The molecule has 80 valence electrons. The van der Waals surface area contributed by atoms with E-state index in [1.54, 1.807) is 0 Å². The van der Waals surface area contributed by atoms with Crippen LogP contribution in [0.5, 0.6) is 0 Å². The van der Waals surface area contributed by atoms with Gasteiger partial charge in [-0.15, -0.1) is 0 Å². The molecule has 0 radical (unpaired) electrons. The van der Waals surface area contributed by atoms with Gasteiger partial charge in [-0.05, 0) is 25.0 Å². The van der Waals surface area contributed by atoms with Crippen LogP contribution in [-0.2, 0) is 4.57 Å². The van der Waals surface area contributed by atoms with E-state index in [9.17, 15) is 4.57 Å². The average Bonchev–Trinajstić information content (AvgIpc) is 2.31. The Morgan fingerprint density at radius 1 is 1.07 bits per heavy atom. The Balaban J connectivity index is 1.91. The van der Waals surface area contributed by atoms with E-state index in [2.05, 4.69) is 0 Å². The Morgan fingerprint density at radius 2 is 1.73 bits per heavy atom. The minimum atomic E-state index is -1.15. The number of hydrogen-bond acceptors (Lipinski definition) is 1. The van der Waals surface area contributed by atoms with Crippen LogP contribution in [-0.4, -0.2) is 6.16 Å². The van der Waals surface area contributed by atoms with Gasteiger partial charge in [-0.1, -0.05) is 42.0 Å². The molecule has 1 atom stereocenters. The van der Waals surface area contributed by atoms with E-state index in [0.717, 1.165) is 11.5 Å². The van der Waals surface area contributed by atoms with Crippen molar-refractivity contribution in [3.05, 3.63) is 30.3 Å². The third-order valence-corrected chi connectivity index (χ3v) is 4.92. The molecular weight excluding hydrogens is 203 g/mol. The largest absolute Gasteiger partial charge is 0.377 e. The van der Waals surface area contributed by atoms with Crippen LogP contribution in [0.25, 0.3) is 0 Å². The summed E-state index contributed by atoms with van der Waals surface area (Å²) in [6.07, 6.45) is 7.52. The minimum Gasteiger partial charge on any atom is -0.0681 e. The Kier molecular flexibility index (Phi) is 3.91. The van der Waals surface area contributed by atoms with Gasteiger partial charge >= 0.3 is 7.80 Å². The van der Waals surface area contributed by atoms with Crippen molar-refractivity contribution in [2.24, 2.45) is 5.92 Å². The van der Waals surface area contributed by atoms with E-state index in [0.29, 0.717) is 5.92 Å². The van der Waals surface area contributed by atoms with E-state index < -0.39 is 7.80 Å². The van der Waals surface area contributed by atoms with Crippen molar-refractivity contribution in [2.75, 3.05) is 6.16 Å². The number of benzene rings is 1. The second-order valence-electron chi connectivity index (χ2n) is 4.40. The van der Waals surface area contributed by atoms with Gasteiger partial charge in [0.15, 0.2) is 11.5 Å². The Labute approximate surface area is 92.7 Å². The van der Waals surface area contributed by atoms with E-state index in [-0.39, 0.29) is 0 Å². The molecule has 1 aliphatic carbocycles. The van der Waals surface area contributed by atoms with Crippen molar-refractivity contribution in [3.8, 4) is 0 Å². The topological polar surface area (TPSA) is 17.1 Å². The zero-order chi connectivity index (χ0) is 10.5. The summed E-state index contributed by atoms with van der Waals surface area (Å²) in [5, 5.41) is 1.03.